The maximum absolute atomic E-state index is 11.4. The zero-order valence-electron chi connectivity index (χ0n) is 15.1. The summed E-state index contributed by atoms with van der Waals surface area (Å²) >= 11 is 0. The first kappa shape index (κ1) is 16.4. The first-order valence-electron chi connectivity index (χ1n) is 8.96. The molecule has 4 aromatic rings. The summed E-state index contributed by atoms with van der Waals surface area (Å²) in [7, 11) is 0. The van der Waals surface area contributed by atoms with Gasteiger partial charge in [-0.15, -0.1) is 0 Å². The van der Waals surface area contributed by atoms with Gasteiger partial charge in [-0.1, -0.05) is 54.6 Å². The van der Waals surface area contributed by atoms with Crippen LogP contribution in [0.1, 0.15) is 13.8 Å². The number of hydrogen-bond donors (Lipinski definition) is 1. The molecule has 3 nitrogen and oxygen atoms in total. The summed E-state index contributed by atoms with van der Waals surface area (Å²) in [4.78, 5) is 11.4. The minimum Gasteiger partial charge on any atom is -0.352 e. The van der Waals surface area contributed by atoms with E-state index in [0.717, 1.165) is 6.54 Å². The molecule has 130 valence electrons. The molecule has 0 saturated heterocycles. The third-order valence-electron chi connectivity index (χ3n) is 4.77. The fraction of sp³-hybridized carbons (Fsp3) is 0.174. The average molecular weight is 342 g/mol. The number of nitrogens with zero attached hydrogens (tertiary/aromatic N) is 1. The summed E-state index contributed by atoms with van der Waals surface area (Å²) in [5.41, 5.74) is 3.68. The molecule has 3 heteroatoms. The van der Waals surface area contributed by atoms with Crippen molar-refractivity contribution in [2.75, 3.05) is 0 Å². The normalized spacial score (nSPS) is 12.4. The van der Waals surface area contributed by atoms with Gasteiger partial charge in [0.15, 0.2) is 0 Å². The lowest BCUT2D eigenvalue weighted by Gasteiger charge is -2.16. The van der Waals surface area contributed by atoms with E-state index in [1.165, 1.54) is 32.8 Å². The van der Waals surface area contributed by atoms with Gasteiger partial charge in [0.1, 0.15) is 0 Å². The van der Waals surface area contributed by atoms with Crippen LogP contribution in [0.3, 0.4) is 0 Å². The van der Waals surface area contributed by atoms with Crippen molar-refractivity contribution in [3.8, 4) is 11.1 Å². The van der Waals surface area contributed by atoms with Crippen molar-refractivity contribution >= 4 is 27.6 Å². The van der Waals surface area contributed by atoms with Crippen LogP contribution in [-0.2, 0) is 11.3 Å². The van der Waals surface area contributed by atoms with Gasteiger partial charge in [-0.25, -0.2) is 0 Å². The number of fused-ring (bicyclic) bond motifs is 3. The van der Waals surface area contributed by atoms with E-state index < -0.39 is 0 Å². The average Bonchev–Trinajstić information content (AvgIpc) is 3.05. The summed E-state index contributed by atoms with van der Waals surface area (Å²) in [6.07, 6.45) is 2.13. The molecule has 0 spiro atoms. The van der Waals surface area contributed by atoms with Crippen molar-refractivity contribution in [1.82, 2.24) is 9.88 Å². The Kier molecular flexibility index (Phi) is 4.21. The highest BCUT2D eigenvalue weighted by atomic mass is 16.1. The molecule has 0 bridgehead atoms. The Morgan fingerprint density at radius 3 is 2.50 bits per heavy atom. The van der Waals surface area contributed by atoms with Gasteiger partial charge in [-0.05, 0) is 35.6 Å². The fourth-order valence-corrected chi connectivity index (χ4v) is 3.76. The minimum atomic E-state index is 0.00351. The lowest BCUT2D eigenvalue weighted by molar-refractivity contribution is -0.119. The van der Waals surface area contributed by atoms with Crippen molar-refractivity contribution in [2.24, 2.45) is 0 Å². The number of hydrogen-bond acceptors (Lipinski definition) is 1. The molecule has 0 aliphatic heterocycles. The monoisotopic (exact) mass is 342 g/mol. The summed E-state index contributed by atoms with van der Waals surface area (Å²) < 4.78 is 2.25. The van der Waals surface area contributed by atoms with E-state index in [1.807, 2.05) is 13.0 Å². The third-order valence-corrected chi connectivity index (χ3v) is 4.77. The molecule has 1 aromatic heterocycles. The van der Waals surface area contributed by atoms with Crippen molar-refractivity contribution in [3.63, 3.8) is 0 Å². The smallest absolute Gasteiger partial charge is 0.217 e. The second-order valence-electron chi connectivity index (χ2n) is 6.84. The van der Waals surface area contributed by atoms with Gasteiger partial charge in [-0.2, -0.15) is 0 Å². The topological polar surface area (TPSA) is 34.0 Å². The number of carbonyl (C=O) groups excluding carboxylic acids is 1. The van der Waals surface area contributed by atoms with Crippen molar-refractivity contribution < 1.29 is 4.79 Å². The molecule has 0 saturated carbocycles. The maximum Gasteiger partial charge on any atom is 0.217 e. The van der Waals surface area contributed by atoms with Crippen molar-refractivity contribution in [1.29, 1.82) is 0 Å². The Bertz CT molecular complexity index is 1080. The molecule has 3 aromatic carbocycles. The van der Waals surface area contributed by atoms with Crippen molar-refractivity contribution in [2.45, 2.75) is 26.4 Å². The Hall–Kier alpha value is -3.07. The van der Waals surface area contributed by atoms with Gasteiger partial charge in [0.25, 0.3) is 0 Å². The number of carbonyl (C=O) groups is 1. The second-order valence-corrected chi connectivity index (χ2v) is 6.84. The lowest BCUT2D eigenvalue weighted by Crippen LogP contribution is -2.33. The molecule has 1 N–H and O–H groups in total. The first-order chi connectivity index (χ1) is 12.6. The lowest BCUT2D eigenvalue weighted by atomic mass is 9.97. The van der Waals surface area contributed by atoms with E-state index in [-0.39, 0.29) is 11.9 Å². The molecule has 1 unspecified atom stereocenters. The molecule has 0 radical (unpaired) electrons. The first-order valence-corrected chi connectivity index (χ1v) is 8.96. The van der Waals surface area contributed by atoms with Crippen LogP contribution in [0.4, 0.5) is 0 Å². The Labute approximate surface area is 153 Å². The van der Waals surface area contributed by atoms with Crippen LogP contribution in [0.25, 0.3) is 32.8 Å². The van der Waals surface area contributed by atoms with E-state index in [2.05, 4.69) is 76.7 Å². The Balaban J connectivity index is 1.93. The Morgan fingerprint density at radius 2 is 1.73 bits per heavy atom. The number of rotatable bonds is 4. The highest BCUT2D eigenvalue weighted by Crippen LogP contribution is 2.35. The number of aromatic nitrogens is 1. The summed E-state index contributed by atoms with van der Waals surface area (Å²) in [6.45, 7) is 4.34. The minimum absolute atomic E-state index is 0.00351. The quantitative estimate of drug-likeness (QED) is 0.557. The number of nitrogens with one attached hydrogen (secondary N) is 1. The number of benzene rings is 3. The SMILES string of the molecule is CC(=O)NC(C)Cn1ccc2c(-c3ccccc3)cc3ccccc3c21. The third kappa shape index (κ3) is 2.97. The van der Waals surface area contributed by atoms with Gasteiger partial charge in [-0.3, -0.25) is 4.79 Å². The highest BCUT2D eigenvalue weighted by Gasteiger charge is 2.14. The molecule has 1 atom stereocenters. The van der Waals surface area contributed by atoms with Crippen LogP contribution < -0.4 is 5.32 Å². The molecule has 1 heterocycles. The van der Waals surface area contributed by atoms with E-state index in [0.29, 0.717) is 0 Å². The van der Waals surface area contributed by atoms with Crippen LogP contribution in [0.15, 0.2) is 72.9 Å². The maximum atomic E-state index is 11.4. The van der Waals surface area contributed by atoms with E-state index >= 15 is 0 Å². The molecule has 1 amide bonds. The zero-order valence-corrected chi connectivity index (χ0v) is 15.1. The molecule has 0 aliphatic carbocycles. The van der Waals surface area contributed by atoms with E-state index in [1.54, 1.807) is 6.92 Å². The van der Waals surface area contributed by atoms with Gasteiger partial charge in [0.2, 0.25) is 5.91 Å². The number of amides is 1. The molecule has 0 aliphatic rings. The molecule has 26 heavy (non-hydrogen) atoms. The zero-order chi connectivity index (χ0) is 18.1. The largest absolute Gasteiger partial charge is 0.352 e. The molecular weight excluding hydrogens is 320 g/mol. The summed E-state index contributed by atoms with van der Waals surface area (Å²) in [5.74, 6) is 0.00351. The summed E-state index contributed by atoms with van der Waals surface area (Å²) in [6, 6.07) is 23.5. The summed E-state index contributed by atoms with van der Waals surface area (Å²) in [5, 5.41) is 6.69. The van der Waals surface area contributed by atoms with Crippen LogP contribution >= 0.6 is 0 Å². The standard InChI is InChI=1S/C23H22N2O/c1-16(24-17(2)26)15-25-13-12-21-22(18-8-4-3-5-9-18)14-19-10-6-7-11-20(19)23(21)25/h3-14,16H,15H2,1-2H3,(H,24,26). The van der Waals surface area contributed by atoms with Gasteiger partial charge in [0.05, 0.1) is 5.52 Å². The molecule has 0 fully saturated rings. The predicted molar refractivity (Wildman–Crippen MR) is 108 cm³/mol. The Morgan fingerprint density at radius 1 is 1.00 bits per heavy atom. The molecular formula is C23H22N2O. The van der Waals surface area contributed by atoms with Crippen LogP contribution in [0.5, 0.6) is 0 Å². The highest BCUT2D eigenvalue weighted by molar-refractivity contribution is 6.12. The van der Waals surface area contributed by atoms with Crippen molar-refractivity contribution in [3.05, 3.63) is 72.9 Å². The fourth-order valence-electron chi connectivity index (χ4n) is 3.76. The van der Waals surface area contributed by atoms with Crippen LogP contribution in [-0.4, -0.2) is 16.5 Å². The van der Waals surface area contributed by atoms with Gasteiger partial charge >= 0.3 is 0 Å². The molecule has 4 rings (SSSR count). The second kappa shape index (κ2) is 6.68. The van der Waals surface area contributed by atoms with Gasteiger partial charge < -0.3 is 9.88 Å². The van der Waals surface area contributed by atoms with Crippen LogP contribution in [0.2, 0.25) is 0 Å². The van der Waals surface area contributed by atoms with Crippen LogP contribution in [0, 0.1) is 0 Å². The van der Waals surface area contributed by atoms with E-state index in [9.17, 15) is 4.79 Å². The van der Waals surface area contributed by atoms with E-state index in [4.69, 9.17) is 0 Å². The van der Waals surface area contributed by atoms with Gasteiger partial charge in [0, 0.05) is 36.5 Å². The predicted octanol–water partition coefficient (Wildman–Crippen LogP) is 4.99.